The summed E-state index contributed by atoms with van der Waals surface area (Å²) in [5, 5.41) is 7.32. The van der Waals surface area contributed by atoms with Crippen LogP contribution in [0.15, 0.2) is 24.7 Å². The zero-order valence-electron chi connectivity index (χ0n) is 13.0. The fourth-order valence-electron chi connectivity index (χ4n) is 2.97. The summed E-state index contributed by atoms with van der Waals surface area (Å²) in [5.41, 5.74) is -0.483. The van der Waals surface area contributed by atoms with E-state index in [0.717, 1.165) is 6.20 Å². The Kier molecular flexibility index (Phi) is 4.25. The number of imidazole rings is 1. The van der Waals surface area contributed by atoms with Gasteiger partial charge >= 0.3 is 6.18 Å². The van der Waals surface area contributed by atoms with Crippen LogP contribution in [0, 0.1) is 0 Å². The highest BCUT2D eigenvalue weighted by molar-refractivity contribution is 5.93. The largest absolute Gasteiger partial charge is 0.434 e. The second kappa shape index (κ2) is 6.21. The molecule has 6 nitrogen and oxygen atoms in total. The van der Waals surface area contributed by atoms with Gasteiger partial charge in [-0.25, -0.2) is 4.98 Å². The topological polar surface area (TPSA) is 63.9 Å². The SMILES string of the molecule is Cn1cc(C(F)(F)F)nc1[C@H]1CCCN(C(=O)c2ccnnc2)C1. The van der Waals surface area contributed by atoms with Crippen LogP contribution < -0.4 is 0 Å². The molecule has 0 unspecified atom stereocenters. The van der Waals surface area contributed by atoms with Gasteiger partial charge in [0, 0.05) is 32.3 Å². The molecule has 2 aromatic rings. The van der Waals surface area contributed by atoms with Crippen molar-refractivity contribution in [3.05, 3.63) is 41.7 Å². The normalized spacial score (nSPS) is 18.7. The van der Waals surface area contributed by atoms with Gasteiger partial charge in [0.25, 0.3) is 5.91 Å². The first kappa shape index (κ1) is 16.4. The molecule has 2 aromatic heterocycles. The highest BCUT2D eigenvalue weighted by Crippen LogP contribution is 2.32. The number of amides is 1. The number of piperidine rings is 1. The fraction of sp³-hybridized carbons (Fsp3) is 0.467. The van der Waals surface area contributed by atoms with E-state index in [4.69, 9.17) is 0 Å². The molecular weight excluding hydrogens is 323 g/mol. The van der Waals surface area contributed by atoms with E-state index in [2.05, 4.69) is 15.2 Å². The Morgan fingerprint density at radius 3 is 2.75 bits per heavy atom. The van der Waals surface area contributed by atoms with Crippen molar-refractivity contribution >= 4 is 5.91 Å². The van der Waals surface area contributed by atoms with Crippen LogP contribution in [0.25, 0.3) is 0 Å². The first-order valence-electron chi connectivity index (χ1n) is 7.52. The monoisotopic (exact) mass is 339 g/mol. The molecule has 3 heterocycles. The number of alkyl halides is 3. The lowest BCUT2D eigenvalue weighted by Crippen LogP contribution is -2.39. The molecule has 1 saturated heterocycles. The standard InChI is InChI=1S/C15H16F3N5O/c1-22-9-12(15(16,17)18)21-13(22)11-3-2-6-23(8-11)14(24)10-4-5-19-20-7-10/h4-5,7,9,11H,2-3,6,8H2,1H3/t11-/m0/s1. The van der Waals surface area contributed by atoms with Crippen molar-refractivity contribution in [1.29, 1.82) is 0 Å². The van der Waals surface area contributed by atoms with Gasteiger partial charge in [-0.05, 0) is 18.9 Å². The molecule has 1 aliphatic heterocycles. The molecule has 0 N–H and O–H groups in total. The maximum absolute atomic E-state index is 12.8. The summed E-state index contributed by atoms with van der Waals surface area (Å²) in [6.45, 7) is 0.900. The Hall–Kier alpha value is -2.45. The Balaban J connectivity index is 1.79. The van der Waals surface area contributed by atoms with Crippen molar-refractivity contribution in [2.24, 2.45) is 7.05 Å². The number of carbonyl (C=O) groups excluding carboxylic acids is 1. The number of rotatable bonds is 2. The minimum Gasteiger partial charge on any atom is -0.338 e. The predicted molar refractivity (Wildman–Crippen MR) is 78.1 cm³/mol. The maximum Gasteiger partial charge on any atom is 0.434 e. The molecule has 9 heteroatoms. The minimum atomic E-state index is -4.47. The number of likely N-dealkylation sites (tertiary alicyclic amines) is 1. The molecule has 24 heavy (non-hydrogen) atoms. The van der Waals surface area contributed by atoms with Gasteiger partial charge in [-0.1, -0.05) is 0 Å². The first-order chi connectivity index (χ1) is 11.4. The number of aromatic nitrogens is 4. The predicted octanol–water partition coefficient (Wildman–Crippen LogP) is 2.25. The molecule has 0 radical (unpaired) electrons. The average molecular weight is 339 g/mol. The van der Waals surface area contributed by atoms with Gasteiger partial charge in [0.05, 0.1) is 18.0 Å². The number of nitrogens with zero attached hydrogens (tertiary/aromatic N) is 5. The molecule has 0 saturated carbocycles. The Morgan fingerprint density at radius 2 is 2.12 bits per heavy atom. The van der Waals surface area contributed by atoms with Crippen LogP contribution in [-0.4, -0.2) is 43.6 Å². The van der Waals surface area contributed by atoms with Crippen LogP contribution in [0.1, 0.15) is 40.6 Å². The molecule has 1 aliphatic rings. The Morgan fingerprint density at radius 1 is 1.33 bits per heavy atom. The molecule has 1 atom stereocenters. The van der Waals surface area contributed by atoms with E-state index < -0.39 is 11.9 Å². The van der Waals surface area contributed by atoms with Crippen molar-refractivity contribution in [3.8, 4) is 0 Å². The summed E-state index contributed by atoms with van der Waals surface area (Å²) in [6.07, 6.45) is 0.743. The lowest BCUT2D eigenvalue weighted by atomic mass is 9.96. The third kappa shape index (κ3) is 3.24. The summed E-state index contributed by atoms with van der Waals surface area (Å²) < 4.78 is 39.9. The summed E-state index contributed by atoms with van der Waals surface area (Å²) in [4.78, 5) is 17.9. The van der Waals surface area contributed by atoms with E-state index in [1.165, 1.54) is 17.0 Å². The van der Waals surface area contributed by atoms with Gasteiger partial charge in [0.15, 0.2) is 5.69 Å². The first-order valence-corrected chi connectivity index (χ1v) is 7.52. The third-order valence-corrected chi connectivity index (χ3v) is 4.11. The van der Waals surface area contributed by atoms with Crippen molar-refractivity contribution in [2.75, 3.05) is 13.1 Å². The van der Waals surface area contributed by atoms with Gasteiger partial charge < -0.3 is 9.47 Å². The fourth-order valence-corrected chi connectivity index (χ4v) is 2.97. The number of aryl methyl sites for hydroxylation is 1. The van der Waals surface area contributed by atoms with Crippen LogP contribution in [0.3, 0.4) is 0 Å². The summed E-state index contributed by atoms with van der Waals surface area (Å²) in [6, 6.07) is 1.57. The summed E-state index contributed by atoms with van der Waals surface area (Å²) in [5.74, 6) is -0.0638. The number of halogens is 3. The zero-order chi connectivity index (χ0) is 17.3. The number of hydrogen-bond acceptors (Lipinski definition) is 4. The van der Waals surface area contributed by atoms with E-state index in [0.29, 0.717) is 37.3 Å². The summed E-state index contributed by atoms with van der Waals surface area (Å²) in [7, 11) is 1.55. The molecule has 0 aliphatic carbocycles. The van der Waals surface area contributed by atoms with Crippen molar-refractivity contribution < 1.29 is 18.0 Å². The van der Waals surface area contributed by atoms with Crippen LogP contribution in [0.5, 0.6) is 0 Å². The van der Waals surface area contributed by atoms with E-state index >= 15 is 0 Å². The smallest absolute Gasteiger partial charge is 0.338 e. The van der Waals surface area contributed by atoms with Crippen molar-refractivity contribution in [2.45, 2.75) is 24.9 Å². The zero-order valence-corrected chi connectivity index (χ0v) is 13.0. The van der Waals surface area contributed by atoms with E-state index in [1.54, 1.807) is 18.0 Å². The van der Waals surface area contributed by atoms with Crippen LogP contribution >= 0.6 is 0 Å². The molecule has 128 valence electrons. The molecule has 1 fully saturated rings. The highest BCUT2D eigenvalue weighted by Gasteiger charge is 2.36. The van der Waals surface area contributed by atoms with Crippen molar-refractivity contribution in [3.63, 3.8) is 0 Å². The van der Waals surface area contributed by atoms with Gasteiger partial charge in [0.2, 0.25) is 0 Å². The molecular formula is C15H16F3N5O. The molecule has 0 spiro atoms. The summed E-state index contributed by atoms with van der Waals surface area (Å²) >= 11 is 0. The van der Waals surface area contributed by atoms with Gasteiger partial charge in [-0.2, -0.15) is 23.4 Å². The minimum absolute atomic E-state index is 0.195. The number of hydrogen-bond donors (Lipinski definition) is 0. The molecule has 0 aromatic carbocycles. The van der Waals surface area contributed by atoms with Crippen molar-refractivity contribution in [1.82, 2.24) is 24.6 Å². The Bertz CT molecular complexity index is 728. The van der Waals surface area contributed by atoms with E-state index in [1.807, 2.05) is 0 Å². The second-order valence-corrected chi connectivity index (χ2v) is 5.81. The third-order valence-electron chi connectivity index (χ3n) is 4.11. The second-order valence-electron chi connectivity index (χ2n) is 5.81. The lowest BCUT2D eigenvalue weighted by Gasteiger charge is -2.32. The van der Waals surface area contributed by atoms with Crippen LogP contribution in [0.4, 0.5) is 13.2 Å². The molecule has 0 bridgehead atoms. The van der Waals surface area contributed by atoms with E-state index in [9.17, 15) is 18.0 Å². The lowest BCUT2D eigenvalue weighted by molar-refractivity contribution is -0.141. The average Bonchev–Trinajstić information content (AvgIpc) is 2.97. The number of carbonyl (C=O) groups is 1. The molecule has 1 amide bonds. The maximum atomic E-state index is 12.8. The van der Waals surface area contributed by atoms with Crippen LogP contribution in [-0.2, 0) is 13.2 Å². The highest BCUT2D eigenvalue weighted by atomic mass is 19.4. The molecule has 3 rings (SSSR count). The van der Waals surface area contributed by atoms with Gasteiger partial charge in [-0.3, -0.25) is 4.79 Å². The van der Waals surface area contributed by atoms with E-state index in [-0.39, 0.29) is 11.8 Å². The quantitative estimate of drug-likeness (QED) is 0.842. The van der Waals surface area contributed by atoms with Gasteiger partial charge in [0.1, 0.15) is 5.82 Å². The Labute approximate surface area is 136 Å². The van der Waals surface area contributed by atoms with Gasteiger partial charge in [-0.15, -0.1) is 0 Å². The van der Waals surface area contributed by atoms with Crippen LogP contribution in [0.2, 0.25) is 0 Å².